The molecule has 0 amide bonds. The van der Waals surface area contributed by atoms with Crippen molar-refractivity contribution in [2.75, 3.05) is 10.6 Å². The molecule has 1 aromatic heterocycles. The van der Waals surface area contributed by atoms with Crippen molar-refractivity contribution in [1.29, 1.82) is 0 Å². The average molecular weight is 344 g/mol. The van der Waals surface area contributed by atoms with Crippen LogP contribution in [0.3, 0.4) is 0 Å². The van der Waals surface area contributed by atoms with E-state index in [0.717, 1.165) is 12.1 Å². The lowest BCUT2D eigenvalue weighted by Gasteiger charge is -2.11. The number of anilines is 3. The summed E-state index contributed by atoms with van der Waals surface area (Å²) in [7, 11) is 0. The third-order valence-electron chi connectivity index (χ3n) is 3.45. The molecular weight excluding hydrogens is 329 g/mol. The van der Waals surface area contributed by atoms with Crippen molar-refractivity contribution in [3.8, 4) is 0 Å². The second-order valence-corrected chi connectivity index (χ2v) is 5.41. The van der Waals surface area contributed by atoms with Gasteiger partial charge < -0.3 is 10.6 Å². The fourth-order valence-electron chi connectivity index (χ4n) is 2.25. The molecule has 4 nitrogen and oxygen atoms in total. The predicted octanol–water partition coefficient (Wildman–Crippen LogP) is 4.56. The number of aromatic nitrogens is 2. The molecule has 0 atom stereocenters. The van der Waals surface area contributed by atoms with Gasteiger partial charge in [0.25, 0.3) is 0 Å². The van der Waals surface area contributed by atoms with Crippen molar-refractivity contribution in [3.05, 3.63) is 77.2 Å². The Morgan fingerprint density at radius 3 is 2.48 bits per heavy atom. The summed E-state index contributed by atoms with van der Waals surface area (Å²) in [6, 6.07) is 11.3. The zero-order valence-corrected chi connectivity index (χ0v) is 13.4. The van der Waals surface area contributed by atoms with Crippen LogP contribution in [0.15, 0.2) is 48.5 Å². The smallest absolute Gasteiger partial charge is 0.229 e. The fourth-order valence-corrected chi connectivity index (χ4v) is 2.25. The lowest BCUT2D eigenvalue weighted by atomic mass is 10.2. The van der Waals surface area contributed by atoms with Crippen LogP contribution in [0.25, 0.3) is 0 Å². The molecule has 3 rings (SSSR count). The Bertz CT molecular complexity index is 899. The highest BCUT2D eigenvalue weighted by Crippen LogP contribution is 2.20. The maximum Gasteiger partial charge on any atom is 0.229 e. The highest BCUT2D eigenvalue weighted by Gasteiger charge is 2.08. The van der Waals surface area contributed by atoms with E-state index in [2.05, 4.69) is 20.6 Å². The Balaban J connectivity index is 1.77. The number of benzene rings is 2. The van der Waals surface area contributed by atoms with E-state index in [1.165, 1.54) is 12.1 Å². The Morgan fingerprint density at radius 1 is 0.920 bits per heavy atom. The molecule has 25 heavy (non-hydrogen) atoms. The summed E-state index contributed by atoms with van der Waals surface area (Å²) in [4.78, 5) is 8.39. The van der Waals surface area contributed by atoms with E-state index in [0.29, 0.717) is 17.1 Å². The highest BCUT2D eigenvalue weighted by molar-refractivity contribution is 5.56. The van der Waals surface area contributed by atoms with Gasteiger partial charge in [-0.2, -0.15) is 4.98 Å². The summed E-state index contributed by atoms with van der Waals surface area (Å²) in [5.74, 6) is -1.11. The van der Waals surface area contributed by atoms with E-state index in [9.17, 15) is 13.2 Å². The van der Waals surface area contributed by atoms with Crippen molar-refractivity contribution in [2.24, 2.45) is 0 Å². The van der Waals surface area contributed by atoms with Gasteiger partial charge in [-0.15, -0.1) is 0 Å². The van der Waals surface area contributed by atoms with Gasteiger partial charge in [0, 0.05) is 29.9 Å². The van der Waals surface area contributed by atoms with Crippen LogP contribution < -0.4 is 10.6 Å². The molecule has 0 saturated heterocycles. The van der Waals surface area contributed by atoms with Gasteiger partial charge in [0.15, 0.2) is 0 Å². The van der Waals surface area contributed by atoms with E-state index in [4.69, 9.17) is 0 Å². The minimum absolute atomic E-state index is 0.0621. The maximum atomic E-state index is 13.7. The molecule has 0 fully saturated rings. The molecule has 0 bridgehead atoms. The standard InChI is InChI=1S/C18H15F3N4/c1-11-8-17(22-10-12-4-2-3-5-14(12)20)25-18(23-11)24-16-7-6-13(19)9-15(16)21/h2-9H,10H2,1H3,(H2,22,23,24,25). The molecule has 0 unspecified atom stereocenters. The SMILES string of the molecule is Cc1cc(NCc2ccccc2F)nc(Nc2ccc(F)cc2F)n1. The van der Waals surface area contributed by atoms with Crippen LogP contribution in [-0.4, -0.2) is 9.97 Å². The molecule has 0 spiro atoms. The number of rotatable bonds is 5. The summed E-state index contributed by atoms with van der Waals surface area (Å²) in [5.41, 5.74) is 1.20. The molecule has 3 aromatic rings. The van der Waals surface area contributed by atoms with E-state index in [-0.39, 0.29) is 24.0 Å². The lowest BCUT2D eigenvalue weighted by molar-refractivity contribution is 0.586. The molecule has 1 heterocycles. The minimum Gasteiger partial charge on any atom is -0.366 e. The van der Waals surface area contributed by atoms with E-state index >= 15 is 0 Å². The van der Waals surface area contributed by atoms with Crippen LogP contribution in [-0.2, 0) is 6.54 Å². The van der Waals surface area contributed by atoms with Crippen molar-refractivity contribution < 1.29 is 13.2 Å². The summed E-state index contributed by atoms with van der Waals surface area (Å²) < 4.78 is 40.4. The van der Waals surface area contributed by atoms with E-state index in [1.54, 1.807) is 31.2 Å². The largest absolute Gasteiger partial charge is 0.366 e. The Hall–Kier alpha value is -3.09. The number of nitrogens with one attached hydrogen (secondary N) is 2. The van der Waals surface area contributed by atoms with Crippen molar-refractivity contribution in [3.63, 3.8) is 0 Å². The number of nitrogens with zero attached hydrogens (tertiary/aromatic N) is 2. The van der Waals surface area contributed by atoms with Gasteiger partial charge in [0.2, 0.25) is 5.95 Å². The van der Waals surface area contributed by atoms with E-state index < -0.39 is 11.6 Å². The third-order valence-corrected chi connectivity index (χ3v) is 3.45. The van der Waals surface area contributed by atoms with Crippen molar-refractivity contribution in [2.45, 2.75) is 13.5 Å². The van der Waals surface area contributed by atoms with Crippen LogP contribution in [0.2, 0.25) is 0 Å². The summed E-state index contributed by atoms with van der Waals surface area (Å²) in [6.45, 7) is 2.00. The number of halogens is 3. The molecule has 128 valence electrons. The monoisotopic (exact) mass is 344 g/mol. The summed E-state index contributed by atoms with van der Waals surface area (Å²) in [6.07, 6.45) is 0. The lowest BCUT2D eigenvalue weighted by Crippen LogP contribution is -2.07. The molecule has 2 aromatic carbocycles. The Morgan fingerprint density at radius 2 is 1.72 bits per heavy atom. The topological polar surface area (TPSA) is 49.8 Å². The first-order valence-electron chi connectivity index (χ1n) is 7.56. The molecule has 0 aliphatic carbocycles. The van der Waals surface area contributed by atoms with Crippen molar-refractivity contribution >= 4 is 17.5 Å². The van der Waals surface area contributed by atoms with Gasteiger partial charge in [-0.1, -0.05) is 18.2 Å². The first-order valence-corrected chi connectivity index (χ1v) is 7.56. The fraction of sp³-hybridized carbons (Fsp3) is 0.111. The van der Waals surface area contributed by atoms with Crippen LogP contribution in [0.5, 0.6) is 0 Å². The van der Waals surface area contributed by atoms with E-state index in [1.807, 2.05) is 0 Å². The number of aryl methyl sites for hydroxylation is 1. The number of hydrogen-bond acceptors (Lipinski definition) is 4. The summed E-state index contributed by atoms with van der Waals surface area (Å²) in [5, 5.41) is 5.72. The molecule has 2 N–H and O–H groups in total. The van der Waals surface area contributed by atoms with Gasteiger partial charge in [0.1, 0.15) is 23.3 Å². The zero-order valence-electron chi connectivity index (χ0n) is 13.4. The van der Waals surface area contributed by atoms with Gasteiger partial charge in [0.05, 0.1) is 5.69 Å². The second kappa shape index (κ2) is 7.21. The zero-order chi connectivity index (χ0) is 17.8. The molecule has 0 aliphatic heterocycles. The average Bonchev–Trinajstić information content (AvgIpc) is 2.56. The highest BCUT2D eigenvalue weighted by atomic mass is 19.1. The van der Waals surface area contributed by atoms with Gasteiger partial charge >= 0.3 is 0 Å². The predicted molar refractivity (Wildman–Crippen MR) is 90.1 cm³/mol. The normalized spacial score (nSPS) is 10.6. The van der Waals surface area contributed by atoms with Crippen molar-refractivity contribution in [1.82, 2.24) is 9.97 Å². The summed E-state index contributed by atoms with van der Waals surface area (Å²) >= 11 is 0. The van der Waals surface area contributed by atoms with Crippen LogP contribution in [0.1, 0.15) is 11.3 Å². The Labute approximate surface area is 142 Å². The minimum atomic E-state index is -0.744. The van der Waals surface area contributed by atoms with Gasteiger partial charge in [-0.3, -0.25) is 0 Å². The van der Waals surface area contributed by atoms with Crippen LogP contribution >= 0.6 is 0 Å². The molecule has 0 saturated carbocycles. The Kier molecular flexibility index (Phi) is 4.83. The quantitative estimate of drug-likeness (QED) is 0.712. The molecule has 0 radical (unpaired) electrons. The number of hydrogen-bond donors (Lipinski definition) is 2. The van der Waals surface area contributed by atoms with Gasteiger partial charge in [-0.05, 0) is 25.1 Å². The first kappa shape index (κ1) is 16.8. The van der Waals surface area contributed by atoms with Crippen LogP contribution in [0.4, 0.5) is 30.6 Å². The first-order chi connectivity index (χ1) is 12.0. The van der Waals surface area contributed by atoms with Gasteiger partial charge in [-0.25, -0.2) is 18.2 Å². The van der Waals surface area contributed by atoms with Crippen LogP contribution in [0, 0.1) is 24.4 Å². The second-order valence-electron chi connectivity index (χ2n) is 5.41. The molecular formula is C18H15F3N4. The molecule has 7 heteroatoms. The third kappa shape index (κ3) is 4.26. The molecule has 0 aliphatic rings. The maximum absolute atomic E-state index is 13.7.